The van der Waals surface area contributed by atoms with Crippen LogP contribution in [0, 0.1) is 0 Å². The van der Waals surface area contributed by atoms with E-state index in [-0.39, 0.29) is 10.8 Å². The van der Waals surface area contributed by atoms with E-state index in [4.69, 9.17) is 17.3 Å². The average molecular weight is 302 g/mol. The zero-order chi connectivity index (χ0) is 15.0. The Kier molecular flexibility index (Phi) is 3.23. The van der Waals surface area contributed by atoms with Crippen molar-refractivity contribution >= 4 is 17.4 Å². The number of rotatable bonds is 2. The fourth-order valence-corrected chi connectivity index (χ4v) is 2.23. The normalized spacial score (nSPS) is 10.8. The summed E-state index contributed by atoms with van der Waals surface area (Å²) in [4.78, 5) is 8.70. The molecule has 2 aromatic heterocycles. The first-order chi connectivity index (χ1) is 10.1. The number of hydrogen-bond donors (Lipinski definition) is 2. The standard InChI is InChI=1S/C14H12ClN5O/c1-20-10(4-5-18-20)14-13(17-7-12(16)19-14)8-2-3-11(21)9(15)6-8/h2-7,21H,1H3,(H2,16,19). The maximum Gasteiger partial charge on any atom is 0.142 e. The van der Waals surface area contributed by atoms with Gasteiger partial charge in [-0.1, -0.05) is 11.6 Å². The van der Waals surface area contributed by atoms with E-state index in [0.29, 0.717) is 17.2 Å². The van der Waals surface area contributed by atoms with Gasteiger partial charge in [0.15, 0.2) is 0 Å². The molecule has 21 heavy (non-hydrogen) atoms. The number of aromatic nitrogens is 4. The molecule has 0 saturated carbocycles. The van der Waals surface area contributed by atoms with Crippen LogP contribution in [0.2, 0.25) is 5.02 Å². The fraction of sp³-hybridized carbons (Fsp3) is 0.0714. The minimum absolute atomic E-state index is 0.0194. The maximum atomic E-state index is 9.53. The monoisotopic (exact) mass is 301 g/mol. The summed E-state index contributed by atoms with van der Waals surface area (Å²) < 4.78 is 1.69. The molecule has 0 atom stereocenters. The Morgan fingerprint density at radius 3 is 2.71 bits per heavy atom. The van der Waals surface area contributed by atoms with Crippen molar-refractivity contribution in [3.05, 3.63) is 41.7 Å². The number of halogens is 1. The molecular formula is C14H12ClN5O. The van der Waals surface area contributed by atoms with E-state index in [1.165, 1.54) is 12.3 Å². The van der Waals surface area contributed by atoms with Crippen LogP contribution in [0.4, 0.5) is 5.82 Å². The van der Waals surface area contributed by atoms with Gasteiger partial charge in [0, 0.05) is 18.8 Å². The van der Waals surface area contributed by atoms with Crippen LogP contribution in [0.5, 0.6) is 5.75 Å². The van der Waals surface area contributed by atoms with Crippen molar-refractivity contribution in [1.82, 2.24) is 19.7 Å². The van der Waals surface area contributed by atoms with Gasteiger partial charge in [-0.15, -0.1) is 0 Å². The van der Waals surface area contributed by atoms with Gasteiger partial charge in [-0.2, -0.15) is 5.10 Å². The number of phenols is 1. The van der Waals surface area contributed by atoms with E-state index < -0.39 is 0 Å². The summed E-state index contributed by atoms with van der Waals surface area (Å²) in [5.74, 6) is 0.339. The Labute approximate surface area is 125 Å². The van der Waals surface area contributed by atoms with E-state index in [9.17, 15) is 5.11 Å². The lowest BCUT2D eigenvalue weighted by molar-refractivity contribution is 0.475. The van der Waals surface area contributed by atoms with E-state index in [2.05, 4.69) is 15.1 Å². The molecule has 0 unspecified atom stereocenters. The second-order valence-electron chi connectivity index (χ2n) is 4.50. The number of anilines is 1. The van der Waals surface area contributed by atoms with Crippen LogP contribution in [-0.4, -0.2) is 24.9 Å². The molecule has 0 spiro atoms. The predicted molar refractivity (Wildman–Crippen MR) is 80.8 cm³/mol. The molecule has 0 amide bonds. The van der Waals surface area contributed by atoms with Crippen molar-refractivity contribution < 1.29 is 5.11 Å². The molecule has 0 saturated heterocycles. The van der Waals surface area contributed by atoms with E-state index in [1.54, 1.807) is 23.0 Å². The minimum Gasteiger partial charge on any atom is -0.506 e. The van der Waals surface area contributed by atoms with E-state index >= 15 is 0 Å². The highest BCUT2D eigenvalue weighted by molar-refractivity contribution is 6.32. The first-order valence-electron chi connectivity index (χ1n) is 6.16. The van der Waals surface area contributed by atoms with Crippen LogP contribution in [0.1, 0.15) is 0 Å². The summed E-state index contributed by atoms with van der Waals surface area (Å²) in [7, 11) is 1.81. The largest absolute Gasteiger partial charge is 0.506 e. The van der Waals surface area contributed by atoms with E-state index in [1.807, 2.05) is 13.1 Å². The molecule has 0 aliphatic rings. The second kappa shape index (κ2) is 5.06. The molecule has 0 aliphatic heterocycles. The summed E-state index contributed by atoms with van der Waals surface area (Å²) in [5.41, 5.74) is 8.50. The average Bonchev–Trinajstić information content (AvgIpc) is 2.88. The lowest BCUT2D eigenvalue weighted by Gasteiger charge is -2.10. The van der Waals surface area contributed by atoms with Gasteiger partial charge in [0.2, 0.25) is 0 Å². The Morgan fingerprint density at radius 2 is 2.05 bits per heavy atom. The Morgan fingerprint density at radius 1 is 1.24 bits per heavy atom. The van der Waals surface area contributed by atoms with Crippen LogP contribution in [-0.2, 0) is 7.05 Å². The SMILES string of the molecule is Cn1nccc1-c1nc(N)cnc1-c1ccc(O)c(Cl)c1. The molecule has 0 fully saturated rings. The third-order valence-corrected chi connectivity index (χ3v) is 3.38. The van der Waals surface area contributed by atoms with Gasteiger partial charge < -0.3 is 10.8 Å². The quantitative estimate of drug-likeness (QED) is 0.759. The molecule has 6 nitrogen and oxygen atoms in total. The summed E-state index contributed by atoms with van der Waals surface area (Å²) in [6.45, 7) is 0. The number of phenolic OH excluding ortho intramolecular Hbond substituents is 1. The topological polar surface area (TPSA) is 89.9 Å². The highest BCUT2D eigenvalue weighted by Crippen LogP contribution is 2.33. The first-order valence-corrected chi connectivity index (χ1v) is 6.54. The van der Waals surface area contributed by atoms with Crippen LogP contribution >= 0.6 is 11.6 Å². The lowest BCUT2D eigenvalue weighted by atomic mass is 10.1. The highest BCUT2D eigenvalue weighted by atomic mass is 35.5. The van der Waals surface area contributed by atoms with Gasteiger partial charge >= 0.3 is 0 Å². The number of nitrogens with zero attached hydrogens (tertiary/aromatic N) is 4. The molecule has 0 aliphatic carbocycles. The lowest BCUT2D eigenvalue weighted by Crippen LogP contribution is -2.02. The molecule has 106 valence electrons. The number of benzene rings is 1. The van der Waals surface area contributed by atoms with Crippen molar-refractivity contribution in [2.24, 2.45) is 7.05 Å². The van der Waals surface area contributed by atoms with Gasteiger partial charge in [0.05, 0.1) is 22.6 Å². The fourth-order valence-electron chi connectivity index (χ4n) is 2.05. The minimum atomic E-state index is 0.0194. The third kappa shape index (κ3) is 2.41. The molecule has 0 radical (unpaired) electrons. The van der Waals surface area contributed by atoms with Crippen molar-refractivity contribution in [3.8, 4) is 28.4 Å². The molecule has 7 heteroatoms. The predicted octanol–water partition coefficient (Wildman–Crippen LogP) is 2.49. The van der Waals surface area contributed by atoms with Crippen molar-refractivity contribution in [3.63, 3.8) is 0 Å². The molecule has 3 aromatic rings. The summed E-state index contributed by atoms with van der Waals surface area (Å²) in [5, 5.41) is 13.9. The third-order valence-electron chi connectivity index (χ3n) is 3.08. The summed E-state index contributed by atoms with van der Waals surface area (Å²) in [6, 6.07) is 6.70. The zero-order valence-electron chi connectivity index (χ0n) is 11.2. The van der Waals surface area contributed by atoms with Gasteiger partial charge in [0.25, 0.3) is 0 Å². The molecular weight excluding hydrogens is 290 g/mol. The van der Waals surface area contributed by atoms with Crippen molar-refractivity contribution in [1.29, 1.82) is 0 Å². The van der Waals surface area contributed by atoms with Crippen LogP contribution < -0.4 is 5.73 Å². The van der Waals surface area contributed by atoms with Gasteiger partial charge in [0.1, 0.15) is 17.3 Å². The molecule has 3 rings (SSSR count). The van der Waals surface area contributed by atoms with Crippen molar-refractivity contribution in [2.75, 3.05) is 5.73 Å². The van der Waals surface area contributed by atoms with Gasteiger partial charge in [-0.3, -0.25) is 9.67 Å². The Bertz CT molecular complexity index is 815. The molecule has 2 heterocycles. The van der Waals surface area contributed by atoms with Crippen molar-refractivity contribution in [2.45, 2.75) is 0 Å². The number of nitrogen functional groups attached to an aromatic ring is 1. The Hall–Kier alpha value is -2.60. The number of aryl methyl sites for hydroxylation is 1. The van der Waals surface area contributed by atoms with Crippen LogP contribution in [0.3, 0.4) is 0 Å². The van der Waals surface area contributed by atoms with Gasteiger partial charge in [-0.25, -0.2) is 4.98 Å². The molecule has 3 N–H and O–H groups in total. The zero-order valence-corrected chi connectivity index (χ0v) is 11.9. The smallest absolute Gasteiger partial charge is 0.142 e. The van der Waals surface area contributed by atoms with Crippen LogP contribution in [0.25, 0.3) is 22.6 Å². The first kappa shape index (κ1) is 13.4. The second-order valence-corrected chi connectivity index (χ2v) is 4.91. The highest BCUT2D eigenvalue weighted by Gasteiger charge is 2.15. The number of hydrogen-bond acceptors (Lipinski definition) is 5. The van der Waals surface area contributed by atoms with Gasteiger partial charge in [-0.05, 0) is 24.3 Å². The van der Waals surface area contributed by atoms with E-state index in [0.717, 1.165) is 11.3 Å². The number of nitrogens with two attached hydrogens (primary N) is 1. The summed E-state index contributed by atoms with van der Waals surface area (Å²) in [6.07, 6.45) is 3.16. The number of aromatic hydroxyl groups is 1. The van der Waals surface area contributed by atoms with Crippen LogP contribution in [0.15, 0.2) is 36.7 Å². The summed E-state index contributed by atoms with van der Waals surface area (Å²) >= 11 is 5.96. The maximum absolute atomic E-state index is 9.53. The molecule has 0 bridgehead atoms. The molecule has 1 aromatic carbocycles. The Balaban J connectivity index is 2.23.